The maximum absolute atomic E-state index is 13.1. The van der Waals surface area contributed by atoms with Crippen molar-refractivity contribution in [3.63, 3.8) is 0 Å². The Labute approximate surface area is 206 Å². The molecule has 0 aliphatic carbocycles. The molecule has 1 aromatic carbocycles. The van der Waals surface area contributed by atoms with Gasteiger partial charge in [0, 0.05) is 31.3 Å². The standard InChI is InChI=1S/C24H25N7O5/c1-13(2)30-8-6-15(24(30)35)29-23(34)18-10-17(27-20-5-7-26-31(18)20)22(33)25-11-14-3-4-19-16(9-14)28-21(32)12-36-19/h3-5,7,9-10,13,15H,6,8,11-12H2,1-2H3,(H,25,33)(H,28,32)(H,29,34)/t15-/m0/s1. The van der Waals surface area contributed by atoms with Crippen LogP contribution in [0.1, 0.15) is 46.8 Å². The Morgan fingerprint density at radius 1 is 1.19 bits per heavy atom. The van der Waals surface area contributed by atoms with E-state index in [4.69, 9.17) is 4.74 Å². The number of anilines is 1. The molecule has 186 valence electrons. The van der Waals surface area contributed by atoms with Gasteiger partial charge in [-0.2, -0.15) is 5.10 Å². The van der Waals surface area contributed by atoms with Gasteiger partial charge in [-0.1, -0.05) is 6.07 Å². The Balaban J connectivity index is 1.32. The number of benzene rings is 1. The third-order valence-electron chi connectivity index (χ3n) is 6.12. The number of nitrogens with one attached hydrogen (secondary N) is 3. The first-order valence-electron chi connectivity index (χ1n) is 11.6. The predicted octanol–water partition coefficient (Wildman–Crippen LogP) is 0.729. The molecule has 1 atom stereocenters. The lowest BCUT2D eigenvalue weighted by atomic mass is 10.1. The minimum absolute atomic E-state index is 0.0318. The van der Waals surface area contributed by atoms with E-state index in [0.29, 0.717) is 30.0 Å². The lowest BCUT2D eigenvalue weighted by Crippen LogP contribution is -2.43. The smallest absolute Gasteiger partial charge is 0.270 e. The zero-order chi connectivity index (χ0) is 25.4. The van der Waals surface area contributed by atoms with Crippen LogP contribution in [0.5, 0.6) is 5.75 Å². The topological polar surface area (TPSA) is 147 Å². The molecule has 1 saturated heterocycles. The van der Waals surface area contributed by atoms with Crippen LogP contribution >= 0.6 is 0 Å². The molecule has 0 radical (unpaired) electrons. The van der Waals surface area contributed by atoms with E-state index in [1.165, 1.54) is 16.8 Å². The van der Waals surface area contributed by atoms with Gasteiger partial charge in [-0.25, -0.2) is 9.50 Å². The first-order chi connectivity index (χ1) is 17.3. The second-order valence-corrected chi connectivity index (χ2v) is 8.92. The number of carbonyl (C=O) groups excluding carboxylic acids is 4. The Morgan fingerprint density at radius 3 is 2.81 bits per heavy atom. The maximum atomic E-state index is 13.1. The van der Waals surface area contributed by atoms with Crippen LogP contribution in [0.3, 0.4) is 0 Å². The monoisotopic (exact) mass is 491 g/mol. The predicted molar refractivity (Wildman–Crippen MR) is 127 cm³/mol. The molecule has 12 nitrogen and oxygen atoms in total. The van der Waals surface area contributed by atoms with Crippen LogP contribution in [-0.4, -0.2) is 68.4 Å². The number of nitrogens with zero attached hydrogens (tertiary/aromatic N) is 4. The van der Waals surface area contributed by atoms with Crippen molar-refractivity contribution in [3.05, 3.63) is 53.5 Å². The van der Waals surface area contributed by atoms with Crippen LogP contribution in [0.25, 0.3) is 5.65 Å². The number of aromatic nitrogens is 3. The number of fused-ring (bicyclic) bond motifs is 2. The van der Waals surface area contributed by atoms with Gasteiger partial charge in [-0.05, 0) is 38.0 Å². The summed E-state index contributed by atoms with van der Waals surface area (Å²) >= 11 is 0. The van der Waals surface area contributed by atoms with Crippen molar-refractivity contribution < 1.29 is 23.9 Å². The summed E-state index contributed by atoms with van der Waals surface area (Å²) in [6.07, 6.45) is 1.99. The first-order valence-corrected chi connectivity index (χ1v) is 11.6. The van der Waals surface area contributed by atoms with Crippen LogP contribution in [0.2, 0.25) is 0 Å². The van der Waals surface area contributed by atoms with Crippen molar-refractivity contribution in [2.45, 2.75) is 38.9 Å². The molecule has 0 bridgehead atoms. The Bertz CT molecular complexity index is 1380. The highest BCUT2D eigenvalue weighted by atomic mass is 16.5. The van der Waals surface area contributed by atoms with Gasteiger partial charge >= 0.3 is 0 Å². The fraction of sp³-hybridized carbons (Fsp3) is 0.333. The number of likely N-dealkylation sites (tertiary alicyclic amines) is 1. The number of hydrogen-bond donors (Lipinski definition) is 3. The van der Waals surface area contributed by atoms with E-state index in [1.54, 1.807) is 29.2 Å². The number of carbonyl (C=O) groups is 4. The molecule has 0 saturated carbocycles. The van der Waals surface area contributed by atoms with Gasteiger partial charge in [0.1, 0.15) is 23.2 Å². The van der Waals surface area contributed by atoms with Gasteiger partial charge in [-0.15, -0.1) is 0 Å². The van der Waals surface area contributed by atoms with E-state index in [2.05, 4.69) is 26.0 Å². The average molecular weight is 492 g/mol. The van der Waals surface area contributed by atoms with E-state index in [9.17, 15) is 19.2 Å². The van der Waals surface area contributed by atoms with E-state index in [-0.39, 0.29) is 42.4 Å². The SMILES string of the molecule is CC(C)N1CC[C@H](NC(=O)c2cc(C(=O)NCc3ccc4c(c3)NC(=O)CO4)nc3ccnn23)C1=O. The molecule has 3 N–H and O–H groups in total. The van der Waals surface area contributed by atoms with Crippen LogP contribution in [0.4, 0.5) is 5.69 Å². The molecule has 5 rings (SSSR count). The van der Waals surface area contributed by atoms with Crippen LogP contribution < -0.4 is 20.7 Å². The van der Waals surface area contributed by atoms with Crippen LogP contribution in [-0.2, 0) is 16.1 Å². The zero-order valence-electron chi connectivity index (χ0n) is 19.8. The van der Waals surface area contributed by atoms with E-state index in [0.717, 1.165) is 5.56 Å². The van der Waals surface area contributed by atoms with E-state index in [1.807, 2.05) is 13.8 Å². The molecule has 2 aromatic heterocycles. The molecule has 0 unspecified atom stereocenters. The Hall–Kier alpha value is -4.48. The van der Waals surface area contributed by atoms with Crippen molar-refractivity contribution in [1.29, 1.82) is 0 Å². The van der Waals surface area contributed by atoms with E-state index >= 15 is 0 Å². The summed E-state index contributed by atoms with van der Waals surface area (Å²) in [5.41, 5.74) is 1.73. The third-order valence-corrected chi connectivity index (χ3v) is 6.12. The number of rotatable bonds is 6. The summed E-state index contributed by atoms with van der Waals surface area (Å²) in [6.45, 7) is 4.55. The lowest BCUT2D eigenvalue weighted by Gasteiger charge is -2.21. The molecule has 1 fully saturated rings. The van der Waals surface area contributed by atoms with Gasteiger partial charge in [0.05, 0.1) is 11.9 Å². The summed E-state index contributed by atoms with van der Waals surface area (Å²) in [4.78, 5) is 56.2. The second kappa shape index (κ2) is 9.29. The highest BCUT2D eigenvalue weighted by Gasteiger charge is 2.34. The fourth-order valence-corrected chi connectivity index (χ4v) is 4.28. The summed E-state index contributed by atoms with van der Waals surface area (Å²) < 4.78 is 6.68. The molecule has 36 heavy (non-hydrogen) atoms. The van der Waals surface area contributed by atoms with E-state index < -0.39 is 17.9 Å². The Kier molecular flexibility index (Phi) is 6.00. The molecule has 4 amide bonds. The summed E-state index contributed by atoms with van der Waals surface area (Å²) in [5.74, 6) is -0.827. The molecule has 2 aliphatic heterocycles. The largest absolute Gasteiger partial charge is 0.482 e. The first kappa shape index (κ1) is 23.3. The van der Waals surface area contributed by atoms with Crippen molar-refractivity contribution in [2.75, 3.05) is 18.5 Å². The number of hydrogen-bond acceptors (Lipinski definition) is 7. The molecular weight excluding hydrogens is 466 g/mol. The zero-order valence-corrected chi connectivity index (χ0v) is 19.8. The van der Waals surface area contributed by atoms with Crippen molar-refractivity contribution in [1.82, 2.24) is 30.1 Å². The van der Waals surface area contributed by atoms with Crippen LogP contribution in [0, 0.1) is 0 Å². The minimum atomic E-state index is -0.635. The van der Waals surface area contributed by atoms with Crippen molar-refractivity contribution in [2.24, 2.45) is 0 Å². The quantitative estimate of drug-likeness (QED) is 0.461. The normalized spacial score (nSPS) is 17.1. The molecule has 3 aromatic rings. The average Bonchev–Trinajstić information content (AvgIpc) is 3.48. The highest BCUT2D eigenvalue weighted by Crippen LogP contribution is 2.28. The summed E-state index contributed by atoms with van der Waals surface area (Å²) in [6, 6.07) is 7.57. The molecule has 12 heteroatoms. The fourth-order valence-electron chi connectivity index (χ4n) is 4.28. The number of amides is 4. The molecule has 0 spiro atoms. The molecular formula is C24H25N7O5. The van der Waals surface area contributed by atoms with Gasteiger partial charge in [-0.3, -0.25) is 19.2 Å². The van der Waals surface area contributed by atoms with Crippen molar-refractivity contribution in [3.8, 4) is 5.75 Å². The lowest BCUT2D eigenvalue weighted by molar-refractivity contribution is -0.130. The van der Waals surface area contributed by atoms with Gasteiger partial charge < -0.3 is 25.6 Å². The van der Waals surface area contributed by atoms with Crippen LogP contribution in [0.15, 0.2) is 36.5 Å². The van der Waals surface area contributed by atoms with Gasteiger partial charge in [0.2, 0.25) is 5.91 Å². The Morgan fingerprint density at radius 2 is 2.03 bits per heavy atom. The summed E-state index contributed by atoms with van der Waals surface area (Å²) in [5, 5.41) is 12.4. The minimum Gasteiger partial charge on any atom is -0.482 e. The number of ether oxygens (including phenoxy) is 1. The highest BCUT2D eigenvalue weighted by molar-refractivity contribution is 6.00. The van der Waals surface area contributed by atoms with Gasteiger partial charge in [0.25, 0.3) is 17.7 Å². The maximum Gasteiger partial charge on any atom is 0.270 e. The second-order valence-electron chi connectivity index (χ2n) is 8.92. The molecule has 2 aliphatic rings. The molecule has 4 heterocycles. The van der Waals surface area contributed by atoms with Crippen molar-refractivity contribution >= 4 is 35.0 Å². The summed E-state index contributed by atoms with van der Waals surface area (Å²) in [7, 11) is 0. The third kappa shape index (κ3) is 4.44. The van der Waals surface area contributed by atoms with Gasteiger partial charge in [0.15, 0.2) is 12.3 Å².